The summed E-state index contributed by atoms with van der Waals surface area (Å²) in [6.45, 7) is 55.9. The number of pyridine rings is 4. The third-order valence-electron chi connectivity index (χ3n) is 24.2. The Balaban J connectivity index is -0.00000152. The Labute approximate surface area is 881 Å². The van der Waals surface area contributed by atoms with Crippen molar-refractivity contribution in [2.24, 2.45) is 37.6 Å². The van der Waals surface area contributed by atoms with Crippen molar-refractivity contribution in [1.29, 1.82) is 0 Å². The summed E-state index contributed by atoms with van der Waals surface area (Å²) < 4.78 is 0. The quantitative estimate of drug-likeness (QED) is 0.0361. The van der Waals surface area contributed by atoms with Crippen LogP contribution >= 0.6 is 42.6 Å². The van der Waals surface area contributed by atoms with Crippen molar-refractivity contribution in [3.8, 4) is 0 Å². The molecular formula is C114H165Cl5Li3N8Zr2. The normalized spacial score (nSPS) is 13.8. The third kappa shape index (κ3) is 47.0. The summed E-state index contributed by atoms with van der Waals surface area (Å²) in [5.74, 6) is 5.11. The van der Waals surface area contributed by atoms with Gasteiger partial charge in [0.15, 0.2) is 0 Å². The van der Waals surface area contributed by atoms with Crippen molar-refractivity contribution in [2.45, 2.75) is 335 Å². The number of halogens is 5. The molecule has 0 bridgehead atoms. The largest absolute Gasteiger partial charge is 1.00 e. The van der Waals surface area contributed by atoms with Crippen molar-refractivity contribution in [3.63, 3.8) is 0 Å². The van der Waals surface area contributed by atoms with Gasteiger partial charge in [-0.05, 0) is 217 Å². The van der Waals surface area contributed by atoms with Crippen molar-refractivity contribution in [1.82, 2.24) is 19.9 Å². The zero-order chi connectivity index (χ0) is 92.2. The molecule has 4 heterocycles. The second-order valence-corrected chi connectivity index (χ2v) is 52.8. The van der Waals surface area contributed by atoms with Gasteiger partial charge in [0.1, 0.15) is 0 Å². The topological polar surface area (TPSA) is 103 Å². The first-order chi connectivity index (χ1) is 59.5. The fourth-order valence-electron chi connectivity index (χ4n) is 16.8. The maximum atomic E-state index is 5.38. The van der Waals surface area contributed by atoms with E-state index in [1.807, 2.05) is 74.0 Å². The first kappa shape index (κ1) is 132. The van der Waals surface area contributed by atoms with Gasteiger partial charge in [-0.25, -0.2) is 0 Å². The van der Waals surface area contributed by atoms with Crippen LogP contribution < -0.4 is 56.6 Å². The number of hydrogen-bond acceptors (Lipinski definition) is 7. The van der Waals surface area contributed by atoms with E-state index in [-0.39, 0.29) is 97.1 Å². The molecule has 0 spiro atoms. The Hall–Kier alpha value is -3.74. The van der Waals surface area contributed by atoms with Crippen LogP contribution in [0.1, 0.15) is 402 Å². The van der Waals surface area contributed by atoms with Gasteiger partial charge in [0.2, 0.25) is 0 Å². The summed E-state index contributed by atoms with van der Waals surface area (Å²) in [7, 11) is 24.9. The van der Waals surface area contributed by atoms with E-state index < -0.39 is 39.0 Å². The second kappa shape index (κ2) is 71.7. The van der Waals surface area contributed by atoms with Crippen LogP contribution in [0.25, 0.3) is 11.0 Å². The number of allylic oxidation sites excluding steroid dienone is 6. The Morgan fingerprint density at radius 2 is 0.606 bits per heavy atom. The molecule has 5 aliphatic rings. The van der Waals surface area contributed by atoms with Crippen LogP contribution in [0.15, 0.2) is 227 Å². The Kier molecular flexibility index (Phi) is 71.9. The molecule has 707 valence electrons. The minimum Gasteiger partial charge on any atom is 1.00 e. The van der Waals surface area contributed by atoms with Crippen LogP contribution in [0.3, 0.4) is 0 Å². The zero-order valence-corrected chi connectivity index (χ0v) is 96.3. The van der Waals surface area contributed by atoms with E-state index in [2.05, 4.69) is 290 Å². The van der Waals surface area contributed by atoms with Crippen molar-refractivity contribution in [3.05, 3.63) is 315 Å². The first-order valence-electron chi connectivity index (χ1n) is 46.6. The molecule has 4 fully saturated rings. The molecule has 0 unspecified atom stereocenters. The molecule has 0 amide bonds. The van der Waals surface area contributed by atoms with Gasteiger partial charge in [0.05, 0.1) is 51.3 Å². The predicted molar refractivity (Wildman–Crippen MR) is 570 cm³/mol. The monoisotopic (exact) mass is 2020 g/mol. The number of rotatable bonds is 23. The van der Waals surface area contributed by atoms with Gasteiger partial charge in [-0.1, -0.05) is 366 Å². The van der Waals surface area contributed by atoms with Crippen LogP contribution in [0.2, 0.25) is 0 Å². The number of hydrogen-bond donors (Lipinski definition) is 0. The Morgan fingerprint density at radius 1 is 0.371 bits per heavy atom. The van der Waals surface area contributed by atoms with E-state index in [1.54, 1.807) is 6.20 Å². The van der Waals surface area contributed by atoms with Gasteiger partial charge in [-0.3, -0.25) is 34.9 Å². The number of benzene rings is 4. The molecule has 0 atom stereocenters. The van der Waals surface area contributed by atoms with Gasteiger partial charge in [-0.2, -0.15) is 0 Å². The van der Waals surface area contributed by atoms with E-state index in [1.165, 1.54) is 183 Å². The third-order valence-corrected chi connectivity index (χ3v) is 24.2. The van der Waals surface area contributed by atoms with Gasteiger partial charge < -0.3 is 35.0 Å². The van der Waals surface area contributed by atoms with E-state index in [9.17, 15) is 0 Å². The molecule has 8 nitrogen and oxygen atoms in total. The van der Waals surface area contributed by atoms with Gasteiger partial charge >= 0.3 is 138 Å². The number of nitrogens with zero attached hydrogens (tertiary/aromatic N) is 8. The number of aliphatic imine (C=N–C) groups is 3. The first-order valence-corrected chi connectivity index (χ1v) is 62.5. The van der Waals surface area contributed by atoms with Crippen molar-refractivity contribution >= 4 is 88.1 Å². The molecule has 0 radical (unpaired) electrons. The molecule has 4 saturated carbocycles. The van der Waals surface area contributed by atoms with E-state index in [4.69, 9.17) is 72.8 Å². The van der Waals surface area contributed by atoms with E-state index in [0.29, 0.717) is 53.0 Å². The minimum atomic E-state index is -2.13. The molecule has 5 aliphatic carbocycles. The molecule has 13 rings (SSSR count). The van der Waals surface area contributed by atoms with Crippen molar-refractivity contribution in [2.75, 3.05) is 0 Å². The standard InChI is InChI=1S/2C27H38N2.C19H24N2.C19H23N2.C8H10.2C5H10.4CH3.5ClH.3Li.2Zr/c2*1-19(2)22-14-11-15-23(20(3)4)26(22)29-25(24-16-9-10-17-28-24)18-27(5,6)21-12-7-8-13-21;2*1-13(2)16-9-8-10-17(14(3)4)19(16)21-15(5)18-11-6-7-12-20-18;1-7(2)8-5-3-4-6-8;2*1-2-4-5-3-1;;;;;;;;;;;;;;/h2*9-11,14-17,19-21H,7-8,12-13,18H2,1-6H3;6-14H,1-5H3;6-14H,5H2,1-4H3;3-6H,1-2H3;2*1-5H2;4*1H3;5*1H;;;;;/q;;;-1;;;;4*-1;;;;;;3*+1;+3;+4/p-5. The SMILES string of the molecule is C1CCCC1.C1CCCC1.C=C([N-]c1c(C(C)C)cccc1C(C)C)c1ccccn1.CC(=Nc1c(C(C)C)cccc1C(C)C)c1ccccn1.CC(C)=C1C=CC=C1.CC(C)c1cccc(C(C)C)c1N=C(CC(C)(C)C1CCCC1)c1ccccn1.CC(C)c1cccc(C(C)C)c1N=C(CC(C)(C)C1CCCC1)c1ccccn1.[CH3-].[CH3-].[CH3-].[CH3-].[Cl][Zr+2][Cl].[Cl][Zr]([Cl])[Cl].[Li+].[Li+].[Li+]. The molecule has 4 aromatic carbocycles. The van der Waals surface area contributed by atoms with E-state index >= 15 is 0 Å². The molecule has 18 heteroatoms. The summed E-state index contributed by atoms with van der Waals surface area (Å²) in [4.78, 5) is 33.8. The molecule has 132 heavy (non-hydrogen) atoms. The van der Waals surface area contributed by atoms with Crippen molar-refractivity contribution < 1.29 is 95.6 Å². The van der Waals surface area contributed by atoms with Gasteiger partial charge in [-0.15, -0.1) is 18.0 Å². The molecule has 4 aromatic heterocycles. The van der Waals surface area contributed by atoms with Crippen LogP contribution in [-0.4, -0.2) is 37.1 Å². The minimum absolute atomic E-state index is 0. The number of para-hydroxylation sites is 4. The molecule has 0 N–H and O–H groups in total. The van der Waals surface area contributed by atoms with Crippen LogP contribution in [0.5, 0.6) is 0 Å². The van der Waals surface area contributed by atoms with E-state index in [0.717, 1.165) is 76.0 Å². The zero-order valence-electron chi connectivity index (χ0n) is 87.6. The Morgan fingerprint density at radius 3 is 0.833 bits per heavy atom. The fourth-order valence-corrected chi connectivity index (χ4v) is 16.8. The predicted octanol–water partition coefficient (Wildman–Crippen LogP) is 30.2. The summed E-state index contributed by atoms with van der Waals surface area (Å²) >= 11 is -2.95. The average Bonchev–Trinajstić information content (AvgIpc) is 1.05. The van der Waals surface area contributed by atoms with Crippen LogP contribution in [-0.2, 0) is 39.0 Å². The summed E-state index contributed by atoms with van der Waals surface area (Å²) in [5.41, 5.74) is 25.9. The molecular weight excluding hydrogens is 1860 g/mol. The maximum Gasteiger partial charge on any atom is 1.00 e. The van der Waals surface area contributed by atoms with Gasteiger partial charge in [0.25, 0.3) is 0 Å². The van der Waals surface area contributed by atoms with Gasteiger partial charge in [0, 0.05) is 30.5 Å². The number of aromatic nitrogens is 4. The van der Waals surface area contributed by atoms with Crippen LogP contribution in [0.4, 0.5) is 22.7 Å². The molecule has 0 saturated heterocycles. The summed E-state index contributed by atoms with van der Waals surface area (Å²) in [6.07, 6.45) is 43.6. The maximum absolute atomic E-state index is 5.38. The Bertz CT molecular complexity index is 4330. The fraction of sp³-hybridized carbons (Fsp3) is 0.482. The second-order valence-electron chi connectivity index (χ2n) is 37.9. The summed E-state index contributed by atoms with van der Waals surface area (Å²) in [5, 5.41) is 4.81. The van der Waals surface area contributed by atoms with Crippen LogP contribution in [0, 0.1) is 52.4 Å². The smallest absolute Gasteiger partial charge is 1.00 e. The average molecular weight is 2030 g/mol. The molecule has 8 aromatic rings. The summed E-state index contributed by atoms with van der Waals surface area (Å²) in [6, 6.07) is 50.4. The molecule has 0 aliphatic heterocycles.